The third kappa shape index (κ3) is 7.33. The Kier molecular flexibility index (Phi) is 7.72. The molecule has 0 radical (unpaired) electrons. The van der Waals surface area contributed by atoms with Crippen molar-refractivity contribution >= 4 is 29.1 Å². The Morgan fingerprint density at radius 1 is 0.966 bits per heavy atom. The van der Waals surface area contributed by atoms with Crippen LogP contribution in [0.4, 0.5) is 5.69 Å². The molecular formula is C20H22N4O5. The third-order valence-electron chi connectivity index (χ3n) is 3.67. The van der Waals surface area contributed by atoms with E-state index in [9.17, 15) is 14.4 Å². The Balaban J connectivity index is 1.75. The Bertz CT molecular complexity index is 892. The van der Waals surface area contributed by atoms with Crippen LogP contribution >= 0.6 is 0 Å². The summed E-state index contributed by atoms with van der Waals surface area (Å²) >= 11 is 0. The van der Waals surface area contributed by atoms with Gasteiger partial charge in [-0.1, -0.05) is 0 Å². The molecule has 0 spiro atoms. The molecule has 0 aliphatic carbocycles. The van der Waals surface area contributed by atoms with Crippen molar-refractivity contribution in [2.45, 2.75) is 13.3 Å². The molecule has 0 aromatic heterocycles. The van der Waals surface area contributed by atoms with Crippen LogP contribution in [-0.4, -0.2) is 37.1 Å². The van der Waals surface area contributed by atoms with Crippen LogP contribution in [0.1, 0.15) is 23.7 Å². The second-order valence-electron chi connectivity index (χ2n) is 6.01. The molecule has 2 aromatic rings. The van der Waals surface area contributed by atoms with E-state index in [-0.39, 0.29) is 18.9 Å². The van der Waals surface area contributed by atoms with E-state index in [4.69, 9.17) is 15.2 Å². The average molecular weight is 398 g/mol. The van der Waals surface area contributed by atoms with Crippen LogP contribution in [-0.2, 0) is 9.59 Å². The predicted molar refractivity (Wildman–Crippen MR) is 108 cm³/mol. The van der Waals surface area contributed by atoms with E-state index >= 15 is 0 Å². The maximum absolute atomic E-state index is 12.0. The van der Waals surface area contributed by atoms with Crippen LogP contribution in [0, 0.1) is 0 Å². The lowest BCUT2D eigenvalue weighted by Crippen LogP contribution is -2.26. The summed E-state index contributed by atoms with van der Waals surface area (Å²) in [7, 11) is 1.56. The van der Waals surface area contributed by atoms with Crippen molar-refractivity contribution in [2.75, 3.05) is 19.0 Å². The molecule has 0 heterocycles. The van der Waals surface area contributed by atoms with Gasteiger partial charge in [-0.2, -0.15) is 5.10 Å². The van der Waals surface area contributed by atoms with Gasteiger partial charge in [0.25, 0.3) is 5.91 Å². The van der Waals surface area contributed by atoms with Crippen LogP contribution in [0.3, 0.4) is 0 Å². The number of carbonyl (C=O) groups excluding carboxylic acids is 3. The van der Waals surface area contributed by atoms with Crippen LogP contribution in [0.2, 0.25) is 0 Å². The molecule has 0 unspecified atom stereocenters. The van der Waals surface area contributed by atoms with Gasteiger partial charge in [0.15, 0.2) is 6.61 Å². The molecule has 0 bridgehead atoms. The Morgan fingerprint density at radius 2 is 1.59 bits per heavy atom. The van der Waals surface area contributed by atoms with Gasteiger partial charge in [0.05, 0.1) is 13.5 Å². The summed E-state index contributed by atoms with van der Waals surface area (Å²) in [5, 5.41) is 6.54. The van der Waals surface area contributed by atoms with Crippen LogP contribution in [0.15, 0.2) is 53.6 Å². The number of ether oxygens (including phenoxy) is 2. The van der Waals surface area contributed by atoms with Gasteiger partial charge in [0.2, 0.25) is 11.8 Å². The number of benzene rings is 2. The van der Waals surface area contributed by atoms with Crippen molar-refractivity contribution in [3.63, 3.8) is 0 Å². The molecule has 0 atom stereocenters. The first kappa shape index (κ1) is 21.4. The summed E-state index contributed by atoms with van der Waals surface area (Å²) in [6, 6.07) is 13.0. The summed E-state index contributed by atoms with van der Waals surface area (Å²) in [6.07, 6.45) is -0.0167. The quantitative estimate of drug-likeness (QED) is 0.437. The molecule has 0 saturated heterocycles. The van der Waals surface area contributed by atoms with Gasteiger partial charge in [-0.25, -0.2) is 5.43 Å². The van der Waals surface area contributed by atoms with Gasteiger partial charge >= 0.3 is 0 Å². The second kappa shape index (κ2) is 10.5. The highest BCUT2D eigenvalue weighted by molar-refractivity contribution is 6.06. The SMILES string of the molecule is COc1ccc(OCC(=O)N/N=C(\C)CC(=O)Nc2ccc(C(N)=O)cc2)cc1. The van der Waals surface area contributed by atoms with Crippen molar-refractivity contribution in [1.29, 1.82) is 0 Å². The third-order valence-corrected chi connectivity index (χ3v) is 3.67. The van der Waals surface area contributed by atoms with Crippen molar-refractivity contribution in [3.05, 3.63) is 54.1 Å². The van der Waals surface area contributed by atoms with Crippen molar-refractivity contribution in [3.8, 4) is 11.5 Å². The standard InChI is InChI=1S/C20H22N4O5/c1-13(11-18(25)22-15-5-3-14(4-6-15)20(21)27)23-24-19(26)12-29-17-9-7-16(28-2)8-10-17/h3-10H,11-12H2,1-2H3,(H2,21,27)(H,22,25)(H,24,26)/b23-13+. The lowest BCUT2D eigenvalue weighted by molar-refractivity contribution is -0.123. The van der Waals surface area contributed by atoms with Crippen LogP contribution in [0.5, 0.6) is 11.5 Å². The van der Waals surface area contributed by atoms with Gasteiger partial charge in [0.1, 0.15) is 11.5 Å². The molecule has 0 fully saturated rings. The van der Waals surface area contributed by atoms with Crippen molar-refractivity contribution in [1.82, 2.24) is 5.43 Å². The van der Waals surface area contributed by atoms with Gasteiger partial charge < -0.3 is 20.5 Å². The van der Waals surface area contributed by atoms with E-state index in [0.29, 0.717) is 28.5 Å². The first-order valence-corrected chi connectivity index (χ1v) is 8.66. The van der Waals surface area contributed by atoms with Gasteiger partial charge in [-0.3, -0.25) is 14.4 Å². The normalized spacial score (nSPS) is 10.8. The molecule has 4 N–H and O–H groups in total. The Hall–Kier alpha value is -3.88. The van der Waals surface area contributed by atoms with Gasteiger partial charge in [0, 0.05) is 17.0 Å². The average Bonchev–Trinajstić information content (AvgIpc) is 2.71. The molecule has 152 valence electrons. The molecular weight excluding hydrogens is 376 g/mol. The van der Waals surface area contributed by atoms with E-state index in [0.717, 1.165) is 0 Å². The Labute approximate surface area is 167 Å². The molecule has 9 heteroatoms. The van der Waals surface area contributed by atoms with E-state index in [1.807, 2.05) is 0 Å². The maximum Gasteiger partial charge on any atom is 0.277 e. The number of hydrogen-bond acceptors (Lipinski definition) is 6. The van der Waals surface area contributed by atoms with Crippen LogP contribution in [0.25, 0.3) is 0 Å². The number of hydrazone groups is 1. The highest BCUT2D eigenvalue weighted by Gasteiger charge is 2.07. The molecule has 9 nitrogen and oxygen atoms in total. The largest absolute Gasteiger partial charge is 0.497 e. The zero-order valence-electron chi connectivity index (χ0n) is 16.1. The topological polar surface area (TPSA) is 132 Å². The lowest BCUT2D eigenvalue weighted by Gasteiger charge is -2.07. The number of nitrogens with one attached hydrogen (secondary N) is 2. The summed E-state index contributed by atoms with van der Waals surface area (Å²) in [5.74, 6) is -0.116. The monoisotopic (exact) mass is 398 g/mol. The fourth-order valence-corrected chi connectivity index (χ4v) is 2.21. The van der Waals surface area contributed by atoms with E-state index in [2.05, 4.69) is 15.8 Å². The molecule has 0 saturated carbocycles. The lowest BCUT2D eigenvalue weighted by atomic mass is 10.2. The molecule has 29 heavy (non-hydrogen) atoms. The number of hydrogen-bond donors (Lipinski definition) is 3. The smallest absolute Gasteiger partial charge is 0.277 e. The molecule has 0 aliphatic rings. The maximum atomic E-state index is 12.0. The Morgan fingerprint density at radius 3 is 2.17 bits per heavy atom. The second-order valence-corrected chi connectivity index (χ2v) is 6.01. The number of anilines is 1. The summed E-state index contributed by atoms with van der Waals surface area (Å²) < 4.78 is 10.4. The first-order chi connectivity index (χ1) is 13.9. The minimum Gasteiger partial charge on any atom is -0.497 e. The van der Waals surface area contributed by atoms with Crippen molar-refractivity contribution in [2.24, 2.45) is 10.8 Å². The minimum atomic E-state index is -0.544. The number of rotatable bonds is 9. The highest BCUT2D eigenvalue weighted by Crippen LogP contribution is 2.16. The van der Waals surface area contributed by atoms with Gasteiger partial charge in [-0.15, -0.1) is 0 Å². The molecule has 2 aromatic carbocycles. The summed E-state index contributed by atoms with van der Waals surface area (Å²) in [6.45, 7) is 1.39. The molecule has 3 amide bonds. The van der Waals surface area contributed by atoms with E-state index in [1.165, 1.54) is 12.1 Å². The first-order valence-electron chi connectivity index (χ1n) is 8.66. The van der Waals surface area contributed by atoms with Crippen molar-refractivity contribution < 1.29 is 23.9 Å². The highest BCUT2D eigenvalue weighted by atomic mass is 16.5. The zero-order chi connectivity index (χ0) is 21.2. The fraction of sp³-hybridized carbons (Fsp3) is 0.200. The number of amides is 3. The zero-order valence-corrected chi connectivity index (χ0v) is 16.1. The summed E-state index contributed by atoms with van der Waals surface area (Å²) in [5.41, 5.74) is 8.77. The predicted octanol–water partition coefficient (Wildman–Crippen LogP) is 1.69. The fourth-order valence-electron chi connectivity index (χ4n) is 2.21. The number of carbonyl (C=O) groups is 3. The minimum absolute atomic E-state index is 0.0167. The number of nitrogens with two attached hydrogens (primary N) is 1. The molecule has 0 aliphatic heterocycles. The summed E-state index contributed by atoms with van der Waals surface area (Å²) in [4.78, 5) is 34.9. The van der Waals surface area contributed by atoms with E-state index in [1.54, 1.807) is 50.4 Å². The van der Waals surface area contributed by atoms with Crippen LogP contribution < -0.4 is 25.9 Å². The number of methoxy groups -OCH3 is 1. The number of nitrogens with zero attached hydrogens (tertiary/aromatic N) is 1. The number of primary amides is 1. The molecule has 2 rings (SSSR count). The van der Waals surface area contributed by atoms with E-state index < -0.39 is 11.8 Å². The van der Waals surface area contributed by atoms with Gasteiger partial charge in [-0.05, 0) is 55.5 Å².